The molecular formula is C21H23ClN2O3. The maximum absolute atomic E-state index is 12.6. The molecule has 1 aliphatic heterocycles. The Morgan fingerprint density at radius 3 is 2.59 bits per heavy atom. The quantitative estimate of drug-likeness (QED) is 0.791. The number of anilines is 2. The van der Waals surface area contributed by atoms with Gasteiger partial charge in [0.1, 0.15) is 5.75 Å². The van der Waals surface area contributed by atoms with E-state index < -0.39 is 6.10 Å². The van der Waals surface area contributed by atoms with Gasteiger partial charge in [0.25, 0.3) is 5.91 Å². The zero-order chi connectivity index (χ0) is 19.4. The van der Waals surface area contributed by atoms with Gasteiger partial charge in [-0.05, 0) is 67.8 Å². The highest BCUT2D eigenvalue weighted by Gasteiger charge is 2.22. The minimum Gasteiger partial charge on any atom is -0.481 e. The van der Waals surface area contributed by atoms with Crippen LogP contribution in [-0.4, -0.2) is 24.5 Å². The molecule has 0 saturated carbocycles. The van der Waals surface area contributed by atoms with E-state index in [4.69, 9.17) is 16.3 Å². The summed E-state index contributed by atoms with van der Waals surface area (Å²) < 4.78 is 5.83. The van der Waals surface area contributed by atoms with Gasteiger partial charge >= 0.3 is 0 Å². The van der Waals surface area contributed by atoms with Gasteiger partial charge < -0.3 is 15.0 Å². The molecule has 3 rings (SSSR count). The Kier molecular flexibility index (Phi) is 6.01. The fourth-order valence-corrected chi connectivity index (χ4v) is 3.16. The van der Waals surface area contributed by atoms with Gasteiger partial charge in [0, 0.05) is 29.4 Å². The summed E-state index contributed by atoms with van der Waals surface area (Å²) in [5.74, 6) is 0.543. The van der Waals surface area contributed by atoms with E-state index in [1.165, 1.54) is 0 Å². The van der Waals surface area contributed by atoms with E-state index in [0.717, 1.165) is 24.2 Å². The number of aryl methyl sites for hydroxylation is 1. The summed E-state index contributed by atoms with van der Waals surface area (Å²) in [6, 6.07) is 12.6. The van der Waals surface area contributed by atoms with E-state index in [2.05, 4.69) is 5.32 Å². The molecule has 1 N–H and O–H groups in total. The highest BCUT2D eigenvalue weighted by molar-refractivity contribution is 6.31. The molecule has 0 bridgehead atoms. The van der Waals surface area contributed by atoms with Gasteiger partial charge in [-0.25, -0.2) is 0 Å². The molecule has 0 radical (unpaired) electrons. The Morgan fingerprint density at radius 2 is 2.00 bits per heavy atom. The monoisotopic (exact) mass is 386 g/mol. The van der Waals surface area contributed by atoms with Crippen molar-refractivity contribution in [1.82, 2.24) is 0 Å². The fraction of sp³-hybridized carbons (Fsp3) is 0.333. The van der Waals surface area contributed by atoms with Crippen molar-refractivity contribution in [3.05, 3.63) is 53.1 Å². The molecule has 5 nitrogen and oxygen atoms in total. The van der Waals surface area contributed by atoms with Crippen molar-refractivity contribution >= 4 is 34.8 Å². The molecule has 0 aliphatic carbocycles. The molecule has 1 saturated heterocycles. The normalized spacial score (nSPS) is 14.9. The van der Waals surface area contributed by atoms with Crippen LogP contribution in [0.2, 0.25) is 5.02 Å². The molecule has 2 aromatic carbocycles. The predicted molar refractivity (Wildman–Crippen MR) is 108 cm³/mol. The molecule has 0 spiro atoms. The van der Waals surface area contributed by atoms with E-state index in [0.29, 0.717) is 29.3 Å². The molecule has 6 heteroatoms. The summed E-state index contributed by atoms with van der Waals surface area (Å²) in [6.45, 7) is 4.54. The van der Waals surface area contributed by atoms with Crippen LogP contribution in [0.5, 0.6) is 5.75 Å². The van der Waals surface area contributed by atoms with E-state index in [1.807, 2.05) is 32.0 Å². The second kappa shape index (κ2) is 8.44. The molecule has 1 aliphatic rings. The van der Waals surface area contributed by atoms with Crippen LogP contribution in [0.15, 0.2) is 42.5 Å². The topological polar surface area (TPSA) is 58.6 Å². The number of rotatable bonds is 6. The minimum absolute atomic E-state index is 0.143. The Morgan fingerprint density at radius 1 is 1.26 bits per heavy atom. The van der Waals surface area contributed by atoms with Crippen molar-refractivity contribution in [2.24, 2.45) is 0 Å². The zero-order valence-corrected chi connectivity index (χ0v) is 16.3. The van der Waals surface area contributed by atoms with Gasteiger partial charge in [0.05, 0.1) is 0 Å². The van der Waals surface area contributed by atoms with Gasteiger partial charge in [0.15, 0.2) is 6.10 Å². The van der Waals surface area contributed by atoms with Gasteiger partial charge in [-0.1, -0.05) is 18.5 Å². The third-order valence-corrected chi connectivity index (χ3v) is 5.01. The highest BCUT2D eigenvalue weighted by Crippen LogP contribution is 2.24. The van der Waals surface area contributed by atoms with Crippen LogP contribution in [0.25, 0.3) is 0 Å². The number of carbonyl (C=O) groups excluding carboxylic acids is 2. The molecule has 0 unspecified atom stereocenters. The SMILES string of the molecule is CC[C@H](Oc1ccc(Cl)c(C)c1)C(=O)Nc1ccc(N2CCCC2=O)cc1. The lowest BCUT2D eigenvalue weighted by Gasteiger charge is -2.19. The lowest BCUT2D eigenvalue weighted by atomic mass is 10.2. The lowest BCUT2D eigenvalue weighted by molar-refractivity contribution is -0.122. The van der Waals surface area contributed by atoms with Gasteiger partial charge in [0.2, 0.25) is 5.91 Å². The number of amides is 2. The Labute approximate surface area is 164 Å². The van der Waals surface area contributed by atoms with E-state index in [-0.39, 0.29) is 11.8 Å². The number of hydrogen-bond donors (Lipinski definition) is 1. The summed E-state index contributed by atoms with van der Waals surface area (Å²) in [4.78, 5) is 26.2. The smallest absolute Gasteiger partial charge is 0.265 e. The lowest BCUT2D eigenvalue weighted by Crippen LogP contribution is -2.32. The first kappa shape index (κ1) is 19.2. The van der Waals surface area contributed by atoms with Gasteiger partial charge in [-0.15, -0.1) is 0 Å². The van der Waals surface area contributed by atoms with Crippen LogP contribution in [0, 0.1) is 6.92 Å². The number of ether oxygens (including phenoxy) is 1. The van der Waals surface area contributed by atoms with Crippen molar-refractivity contribution in [3.63, 3.8) is 0 Å². The maximum atomic E-state index is 12.6. The van der Waals surface area contributed by atoms with E-state index >= 15 is 0 Å². The average Bonchev–Trinajstić information content (AvgIpc) is 3.09. The number of carbonyl (C=O) groups is 2. The largest absolute Gasteiger partial charge is 0.481 e. The first-order valence-corrected chi connectivity index (χ1v) is 9.50. The molecule has 1 atom stereocenters. The second-order valence-electron chi connectivity index (χ2n) is 6.61. The standard InChI is InChI=1S/C21H23ClN2O3/c1-3-19(27-17-10-11-18(22)14(2)13-17)21(26)23-15-6-8-16(9-7-15)24-12-4-5-20(24)25/h6-11,13,19H,3-5,12H2,1-2H3,(H,23,26)/t19-/m0/s1. The van der Waals surface area contributed by atoms with E-state index in [9.17, 15) is 9.59 Å². The summed E-state index contributed by atoms with van der Waals surface area (Å²) >= 11 is 6.03. The van der Waals surface area contributed by atoms with Crippen molar-refractivity contribution in [3.8, 4) is 5.75 Å². The summed E-state index contributed by atoms with van der Waals surface area (Å²) in [7, 11) is 0. The number of halogens is 1. The molecular weight excluding hydrogens is 364 g/mol. The van der Waals surface area contributed by atoms with Crippen molar-refractivity contribution in [2.45, 2.75) is 39.2 Å². The summed E-state index contributed by atoms with van der Waals surface area (Å²) in [5, 5.41) is 3.54. The van der Waals surface area contributed by atoms with Crippen molar-refractivity contribution in [1.29, 1.82) is 0 Å². The number of nitrogens with zero attached hydrogens (tertiary/aromatic N) is 1. The van der Waals surface area contributed by atoms with Gasteiger partial charge in [-0.3, -0.25) is 9.59 Å². The van der Waals surface area contributed by atoms with Crippen LogP contribution >= 0.6 is 11.6 Å². The Hall–Kier alpha value is -2.53. The first-order valence-electron chi connectivity index (χ1n) is 9.12. The third-order valence-electron chi connectivity index (χ3n) is 4.59. The Balaban J connectivity index is 1.63. The second-order valence-corrected chi connectivity index (χ2v) is 7.02. The van der Waals surface area contributed by atoms with Crippen molar-refractivity contribution < 1.29 is 14.3 Å². The number of benzene rings is 2. The van der Waals surface area contributed by atoms with Crippen LogP contribution < -0.4 is 15.0 Å². The fourth-order valence-electron chi connectivity index (χ4n) is 3.05. The van der Waals surface area contributed by atoms with Crippen LogP contribution in [0.1, 0.15) is 31.7 Å². The first-order chi connectivity index (χ1) is 13.0. The van der Waals surface area contributed by atoms with E-state index in [1.54, 1.807) is 29.2 Å². The number of nitrogens with one attached hydrogen (secondary N) is 1. The summed E-state index contributed by atoms with van der Waals surface area (Å²) in [5.41, 5.74) is 2.43. The molecule has 2 amide bonds. The highest BCUT2D eigenvalue weighted by atomic mass is 35.5. The molecule has 2 aromatic rings. The molecule has 27 heavy (non-hydrogen) atoms. The summed E-state index contributed by atoms with van der Waals surface area (Å²) in [6.07, 6.45) is 1.41. The third kappa shape index (κ3) is 4.61. The molecule has 1 heterocycles. The molecule has 142 valence electrons. The Bertz CT molecular complexity index is 836. The van der Waals surface area contributed by atoms with Crippen LogP contribution in [0.4, 0.5) is 11.4 Å². The average molecular weight is 387 g/mol. The van der Waals surface area contributed by atoms with Crippen LogP contribution in [0.3, 0.4) is 0 Å². The zero-order valence-electron chi connectivity index (χ0n) is 15.5. The predicted octanol–water partition coefficient (Wildman–Crippen LogP) is 4.57. The van der Waals surface area contributed by atoms with Crippen LogP contribution in [-0.2, 0) is 9.59 Å². The van der Waals surface area contributed by atoms with Crippen molar-refractivity contribution in [2.75, 3.05) is 16.8 Å². The van der Waals surface area contributed by atoms with Gasteiger partial charge in [-0.2, -0.15) is 0 Å². The molecule has 1 fully saturated rings. The minimum atomic E-state index is -0.606. The maximum Gasteiger partial charge on any atom is 0.265 e. The number of hydrogen-bond acceptors (Lipinski definition) is 3. The molecule has 0 aromatic heterocycles.